The van der Waals surface area contributed by atoms with E-state index in [9.17, 15) is 9.59 Å². The zero-order chi connectivity index (χ0) is 18.0. The predicted molar refractivity (Wildman–Crippen MR) is 108 cm³/mol. The molecule has 0 spiro atoms. The number of nitrogens with zero attached hydrogens (tertiary/aromatic N) is 1. The third-order valence-corrected chi connectivity index (χ3v) is 5.29. The van der Waals surface area contributed by atoms with Gasteiger partial charge in [-0.05, 0) is 42.7 Å². The van der Waals surface area contributed by atoms with Crippen molar-refractivity contribution in [2.75, 3.05) is 4.90 Å². The van der Waals surface area contributed by atoms with Crippen molar-refractivity contribution >= 4 is 51.8 Å². The minimum absolute atomic E-state index is 0.0427. The second kappa shape index (κ2) is 7.33. The standard InChI is InChI=1S/C20H17NO2S2/c1-3-14-7-9-15(10-8-14)11-18-19(23)21(20(24)25-18)17-6-4-5-16(12-17)13(2)22/h4-12H,3H2,1-2H3/b18-11-. The van der Waals surface area contributed by atoms with Crippen molar-refractivity contribution in [3.8, 4) is 0 Å². The first-order valence-electron chi connectivity index (χ1n) is 7.97. The van der Waals surface area contributed by atoms with Crippen molar-refractivity contribution in [1.29, 1.82) is 0 Å². The van der Waals surface area contributed by atoms with Gasteiger partial charge in [0.1, 0.15) is 0 Å². The van der Waals surface area contributed by atoms with Gasteiger partial charge in [-0.1, -0.05) is 67.3 Å². The lowest BCUT2D eigenvalue weighted by molar-refractivity contribution is -0.113. The minimum atomic E-state index is -0.157. The molecule has 1 fully saturated rings. The molecule has 25 heavy (non-hydrogen) atoms. The van der Waals surface area contributed by atoms with Crippen molar-refractivity contribution in [3.63, 3.8) is 0 Å². The van der Waals surface area contributed by atoms with Gasteiger partial charge < -0.3 is 0 Å². The van der Waals surface area contributed by atoms with Crippen LogP contribution in [0.5, 0.6) is 0 Å². The Labute approximate surface area is 156 Å². The van der Waals surface area contributed by atoms with E-state index in [0.717, 1.165) is 12.0 Å². The van der Waals surface area contributed by atoms with Crippen LogP contribution in [0, 0.1) is 0 Å². The number of hydrogen-bond donors (Lipinski definition) is 0. The highest BCUT2D eigenvalue weighted by Gasteiger charge is 2.33. The van der Waals surface area contributed by atoms with E-state index < -0.39 is 0 Å². The predicted octanol–water partition coefficient (Wildman–Crippen LogP) is 4.86. The molecule has 1 saturated heterocycles. The average molecular weight is 367 g/mol. The van der Waals surface area contributed by atoms with Crippen LogP contribution in [0.3, 0.4) is 0 Å². The van der Waals surface area contributed by atoms with Crippen molar-refractivity contribution in [3.05, 3.63) is 70.1 Å². The molecule has 2 aromatic rings. The lowest BCUT2D eigenvalue weighted by Crippen LogP contribution is -2.27. The van der Waals surface area contributed by atoms with Gasteiger partial charge in [-0.3, -0.25) is 14.5 Å². The molecule has 0 aliphatic carbocycles. The molecule has 3 rings (SSSR count). The van der Waals surface area contributed by atoms with E-state index in [4.69, 9.17) is 12.2 Å². The molecule has 0 aromatic heterocycles. The Hall–Kier alpha value is -2.24. The largest absolute Gasteiger partial charge is 0.295 e. The molecule has 3 nitrogen and oxygen atoms in total. The number of thiocarbonyl (C=S) groups is 1. The highest BCUT2D eigenvalue weighted by atomic mass is 32.2. The fourth-order valence-electron chi connectivity index (χ4n) is 2.56. The summed E-state index contributed by atoms with van der Waals surface area (Å²) in [4.78, 5) is 26.4. The van der Waals surface area contributed by atoms with Gasteiger partial charge in [0.2, 0.25) is 0 Å². The van der Waals surface area contributed by atoms with Gasteiger partial charge in [-0.15, -0.1) is 0 Å². The maximum Gasteiger partial charge on any atom is 0.270 e. The third-order valence-electron chi connectivity index (χ3n) is 3.99. The summed E-state index contributed by atoms with van der Waals surface area (Å²) in [5.74, 6) is -0.200. The number of Topliss-reactive ketones (excluding diaryl/α,β-unsaturated/α-hetero) is 1. The fraction of sp³-hybridized carbons (Fsp3) is 0.150. The molecule has 0 bridgehead atoms. The van der Waals surface area contributed by atoms with Gasteiger partial charge in [-0.25, -0.2) is 0 Å². The Bertz CT molecular complexity index is 885. The summed E-state index contributed by atoms with van der Waals surface area (Å²) in [6, 6.07) is 15.1. The summed E-state index contributed by atoms with van der Waals surface area (Å²) in [6.45, 7) is 3.61. The summed E-state index contributed by atoms with van der Waals surface area (Å²) in [5.41, 5.74) is 3.41. The van der Waals surface area contributed by atoms with Crippen LogP contribution in [-0.4, -0.2) is 16.0 Å². The maximum atomic E-state index is 12.8. The zero-order valence-corrected chi connectivity index (χ0v) is 15.6. The number of amides is 1. The number of ketones is 1. The molecule has 0 radical (unpaired) electrons. The lowest BCUT2D eigenvalue weighted by Gasteiger charge is -2.15. The molecule has 1 aliphatic rings. The minimum Gasteiger partial charge on any atom is -0.295 e. The molecule has 1 heterocycles. The van der Waals surface area contributed by atoms with Crippen molar-refractivity contribution in [2.45, 2.75) is 20.3 Å². The molecule has 2 aromatic carbocycles. The van der Waals surface area contributed by atoms with Crippen molar-refractivity contribution in [1.82, 2.24) is 0 Å². The van der Waals surface area contributed by atoms with Crippen LogP contribution in [0.25, 0.3) is 6.08 Å². The molecule has 0 N–H and O–H groups in total. The first-order valence-corrected chi connectivity index (χ1v) is 9.20. The van der Waals surface area contributed by atoms with E-state index in [2.05, 4.69) is 19.1 Å². The van der Waals surface area contributed by atoms with Crippen LogP contribution < -0.4 is 4.90 Å². The Kier molecular flexibility index (Phi) is 5.16. The Morgan fingerprint density at radius 3 is 2.56 bits per heavy atom. The summed E-state index contributed by atoms with van der Waals surface area (Å²) >= 11 is 6.66. The highest BCUT2D eigenvalue weighted by molar-refractivity contribution is 8.27. The Morgan fingerprint density at radius 1 is 1.20 bits per heavy atom. The van der Waals surface area contributed by atoms with Gasteiger partial charge in [0, 0.05) is 5.56 Å². The fourth-order valence-corrected chi connectivity index (χ4v) is 3.85. The van der Waals surface area contributed by atoms with E-state index in [1.165, 1.54) is 29.1 Å². The number of benzene rings is 2. The SMILES string of the molecule is CCc1ccc(/C=C2\SC(=S)N(c3cccc(C(C)=O)c3)C2=O)cc1. The van der Waals surface area contributed by atoms with Crippen LogP contribution in [0.15, 0.2) is 53.4 Å². The van der Waals surface area contributed by atoms with Gasteiger partial charge in [0.15, 0.2) is 10.1 Å². The van der Waals surface area contributed by atoms with Crippen molar-refractivity contribution in [2.24, 2.45) is 0 Å². The maximum absolute atomic E-state index is 12.8. The van der Waals surface area contributed by atoms with Gasteiger partial charge in [-0.2, -0.15) is 0 Å². The summed E-state index contributed by atoms with van der Waals surface area (Å²) < 4.78 is 0.474. The number of carbonyl (C=O) groups is 2. The summed E-state index contributed by atoms with van der Waals surface area (Å²) in [6.07, 6.45) is 2.84. The quantitative estimate of drug-likeness (QED) is 0.439. The summed E-state index contributed by atoms with van der Waals surface area (Å²) in [7, 11) is 0. The van der Waals surface area contributed by atoms with Gasteiger partial charge in [0.05, 0.1) is 10.6 Å². The van der Waals surface area contributed by atoms with Gasteiger partial charge in [0.25, 0.3) is 5.91 Å². The molecular weight excluding hydrogens is 350 g/mol. The van der Waals surface area contributed by atoms with Crippen LogP contribution in [0.2, 0.25) is 0 Å². The van der Waals surface area contributed by atoms with E-state index in [-0.39, 0.29) is 11.7 Å². The molecule has 0 unspecified atom stereocenters. The lowest BCUT2D eigenvalue weighted by atomic mass is 10.1. The number of aryl methyl sites for hydroxylation is 1. The molecule has 0 saturated carbocycles. The summed E-state index contributed by atoms with van der Waals surface area (Å²) in [5, 5.41) is 0. The van der Waals surface area contributed by atoms with E-state index in [1.54, 1.807) is 24.3 Å². The Morgan fingerprint density at radius 2 is 1.92 bits per heavy atom. The number of anilines is 1. The molecule has 126 valence electrons. The monoisotopic (exact) mass is 367 g/mol. The topological polar surface area (TPSA) is 37.4 Å². The van der Waals surface area contributed by atoms with E-state index >= 15 is 0 Å². The number of rotatable bonds is 4. The zero-order valence-electron chi connectivity index (χ0n) is 14.0. The van der Waals surface area contributed by atoms with E-state index in [0.29, 0.717) is 20.5 Å². The average Bonchev–Trinajstić information content (AvgIpc) is 2.89. The third kappa shape index (κ3) is 3.72. The van der Waals surface area contributed by atoms with Crippen LogP contribution >= 0.6 is 24.0 Å². The first kappa shape index (κ1) is 17.6. The molecule has 0 atom stereocenters. The molecular formula is C20H17NO2S2. The van der Waals surface area contributed by atoms with Crippen LogP contribution in [0.4, 0.5) is 5.69 Å². The molecule has 1 amide bonds. The van der Waals surface area contributed by atoms with E-state index in [1.807, 2.05) is 18.2 Å². The number of carbonyl (C=O) groups excluding carboxylic acids is 2. The van der Waals surface area contributed by atoms with Crippen LogP contribution in [-0.2, 0) is 11.2 Å². The smallest absolute Gasteiger partial charge is 0.270 e. The van der Waals surface area contributed by atoms with Crippen molar-refractivity contribution < 1.29 is 9.59 Å². The highest BCUT2D eigenvalue weighted by Crippen LogP contribution is 2.36. The van der Waals surface area contributed by atoms with Gasteiger partial charge >= 0.3 is 0 Å². The molecule has 5 heteroatoms. The second-order valence-corrected chi connectivity index (χ2v) is 7.39. The Balaban J connectivity index is 1.90. The first-order chi connectivity index (χ1) is 12.0. The molecule has 1 aliphatic heterocycles. The number of hydrogen-bond acceptors (Lipinski definition) is 4. The van der Waals surface area contributed by atoms with Crippen LogP contribution in [0.1, 0.15) is 35.3 Å². The second-order valence-electron chi connectivity index (χ2n) is 5.72. The normalized spacial score (nSPS) is 15.9. The number of thioether (sulfide) groups is 1.